The van der Waals surface area contributed by atoms with Gasteiger partial charge < -0.3 is 14.8 Å². The monoisotopic (exact) mass is 596 g/mol. The molecule has 1 aromatic heterocycles. The fourth-order valence-electron chi connectivity index (χ4n) is 3.55. The molecule has 0 spiro atoms. The van der Waals surface area contributed by atoms with Crippen LogP contribution in [0.15, 0.2) is 48.7 Å². The van der Waals surface area contributed by atoms with E-state index >= 15 is 0 Å². The molecule has 0 atom stereocenters. The van der Waals surface area contributed by atoms with Gasteiger partial charge in [0.1, 0.15) is 23.8 Å². The Hall–Kier alpha value is -3.86. The number of carbonyl (C=O) groups is 1. The van der Waals surface area contributed by atoms with Gasteiger partial charge in [-0.1, -0.05) is 29.8 Å². The van der Waals surface area contributed by atoms with Crippen LogP contribution in [0.3, 0.4) is 0 Å². The van der Waals surface area contributed by atoms with Gasteiger partial charge in [-0.25, -0.2) is 12.7 Å². The minimum absolute atomic E-state index is 0.00782. The number of hydrogen-bond donors (Lipinski definition) is 1. The number of nitrogens with one attached hydrogen (secondary N) is 1. The van der Waals surface area contributed by atoms with Crippen molar-refractivity contribution in [2.45, 2.75) is 12.7 Å². The van der Waals surface area contributed by atoms with Gasteiger partial charge in [0.05, 0.1) is 35.6 Å². The highest BCUT2D eigenvalue weighted by molar-refractivity contribution is 7.88. The summed E-state index contributed by atoms with van der Waals surface area (Å²) in [6.45, 7) is -0.123. The topological polar surface area (TPSA) is 122 Å². The maximum Gasteiger partial charge on any atom is 0.433 e. The highest BCUT2D eigenvalue weighted by atomic mass is 35.5. The van der Waals surface area contributed by atoms with Crippen molar-refractivity contribution in [1.82, 2.24) is 14.6 Å². The first-order valence-corrected chi connectivity index (χ1v) is 13.7. The average molecular weight is 597 g/mol. The van der Waals surface area contributed by atoms with Crippen LogP contribution in [0.2, 0.25) is 5.02 Å². The lowest BCUT2D eigenvalue weighted by Crippen LogP contribution is -2.30. The van der Waals surface area contributed by atoms with Gasteiger partial charge in [-0.2, -0.15) is 18.4 Å². The first-order valence-electron chi connectivity index (χ1n) is 11.5. The van der Waals surface area contributed by atoms with E-state index in [2.05, 4.69) is 10.3 Å². The van der Waals surface area contributed by atoms with Gasteiger partial charge >= 0.3 is 6.18 Å². The first-order chi connectivity index (χ1) is 18.8. The molecule has 0 fully saturated rings. The van der Waals surface area contributed by atoms with Gasteiger partial charge in [0, 0.05) is 49.1 Å². The molecular formula is C26H24ClF3N4O5S. The number of benzene rings is 2. The molecule has 0 aliphatic heterocycles. The summed E-state index contributed by atoms with van der Waals surface area (Å²) in [6, 6.07) is 11.8. The second kappa shape index (κ2) is 12.5. The standard InChI is InChI=1S/C26H24ClF3N4O5S/c1-34(40(3,36)37)8-9-39-23-12-21(27)18(20-15-32-24(26(28,29)30)10-17(20)13-31)11-19(23)25(35)33-14-16-6-4-5-7-22(16)38-2/h4-7,10-12,15H,8-9,14H2,1-3H3,(H,33,35). The van der Waals surface area contributed by atoms with Crippen LogP contribution in [0.1, 0.15) is 27.2 Å². The molecule has 1 amide bonds. The smallest absolute Gasteiger partial charge is 0.433 e. The molecule has 40 heavy (non-hydrogen) atoms. The molecule has 9 nitrogen and oxygen atoms in total. The molecule has 0 saturated carbocycles. The zero-order valence-electron chi connectivity index (χ0n) is 21.5. The second-order valence-corrected chi connectivity index (χ2v) is 11.0. The molecule has 0 unspecified atom stereocenters. The number of likely N-dealkylation sites (N-methyl/N-ethyl adjacent to an activating group) is 1. The molecule has 0 radical (unpaired) electrons. The van der Waals surface area contributed by atoms with Crippen LogP contribution in [-0.4, -0.2) is 57.2 Å². The number of para-hydroxylation sites is 1. The molecule has 2 aromatic carbocycles. The third kappa shape index (κ3) is 7.41. The molecule has 3 rings (SSSR count). The van der Waals surface area contributed by atoms with Gasteiger partial charge in [0.25, 0.3) is 5.91 Å². The number of nitriles is 1. The van der Waals surface area contributed by atoms with E-state index in [9.17, 15) is 31.6 Å². The van der Waals surface area contributed by atoms with Gasteiger partial charge in [-0.3, -0.25) is 9.78 Å². The van der Waals surface area contributed by atoms with E-state index in [-0.39, 0.29) is 52.7 Å². The fourth-order valence-corrected chi connectivity index (χ4v) is 4.21. The van der Waals surface area contributed by atoms with E-state index in [1.807, 2.05) is 0 Å². The Morgan fingerprint density at radius 3 is 2.50 bits per heavy atom. The van der Waals surface area contributed by atoms with Crippen LogP contribution in [0.5, 0.6) is 11.5 Å². The zero-order chi connectivity index (χ0) is 29.7. The van der Waals surface area contributed by atoms with E-state index in [0.717, 1.165) is 16.8 Å². The molecule has 0 aliphatic carbocycles. The van der Waals surface area contributed by atoms with Gasteiger partial charge in [0.15, 0.2) is 0 Å². The number of aromatic nitrogens is 1. The van der Waals surface area contributed by atoms with Crippen LogP contribution in [0.25, 0.3) is 11.1 Å². The summed E-state index contributed by atoms with van der Waals surface area (Å²) in [6.07, 6.45) is -2.88. The SMILES string of the molecule is COc1ccccc1CNC(=O)c1cc(-c2cnc(C(F)(F)F)cc2C#N)c(Cl)cc1OCCN(C)S(C)(=O)=O. The minimum Gasteiger partial charge on any atom is -0.496 e. The van der Waals surface area contributed by atoms with Crippen molar-refractivity contribution >= 4 is 27.5 Å². The van der Waals surface area contributed by atoms with E-state index in [1.54, 1.807) is 30.3 Å². The number of amides is 1. The van der Waals surface area contributed by atoms with Crippen molar-refractivity contribution < 1.29 is 35.9 Å². The molecular weight excluding hydrogens is 573 g/mol. The minimum atomic E-state index is -4.77. The molecule has 0 bridgehead atoms. The summed E-state index contributed by atoms with van der Waals surface area (Å²) >= 11 is 6.43. The maximum atomic E-state index is 13.3. The predicted molar refractivity (Wildman–Crippen MR) is 142 cm³/mol. The third-order valence-electron chi connectivity index (χ3n) is 5.78. The Labute approximate surface area is 234 Å². The number of hydrogen-bond acceptors (Lipinski definition) is 7. The summed E-state index contributed by atoms with van der Waals surface area (Å²) in [7, 11) is -0.643. The molecule has 1 N–H and O–H groups in total. The highest BCUT2D eigenvalue weighted by Crippen LogP contribution is 2.37. The maximum absolute atomic E-state index is 13.3. The lowest BCUT2D eigenvalue weighted by molar-refractivity contribution is -0.141. The highest BCUT2D eigenvalue weighted by Gasteiger charge is 2.33. The molecule has 0 saturated heterocycles. The normalized spacial score (nSPS) is 11.7. The molecule has 1 heterocycles. The van der Waals surface area contributed by atoms with Crippen molar-refractivity contribution in [3.05, 3.63) is 76.1 Å². The Morgan fingerprint density at radius 2 is 1.88 bits per heavy atom. The van der Waals surface area contributed by atoms with E-state index in [1.165, 1.54) is 26.3 Å². The van der Waals surface area contributed by atoms with Crippen LogP contribution in [0, 0.1) is 11.3 Å². The summed E-state index contributed by atoms with van der Waals surface area (Å²) in [5.41, 5.74) is -0.949. The summed E-state index contributed by atoms with van der Waals surface area (Å²) in [4.78, 5) is 16.7. The lowest BCUT2D eigenvalue weighted by atomic mass is 9.98. The van der Waals surface area contributed by atoms with E-state index < -0.39 is 27.8 Å². The number of nitrogens with zero attached hydrogens (tertiary/aromatic N) is 3. The molecule has 212 valence electrons. The van der Waals surface area contributed by atoms with Crippen molar-refractivity contribution in [1.29, 1.82) is 5.26 Å². The number of alkyl halides is 3. The summed E-state index contributed by atoms with van der Waals surface area (Å²) < 4.78 is 74.9. The Bertz CT molecular complexity index is 1560. The van der Waals surface area contributed by atoms with Crippen LogP contribution < -0.4 is 14.8 Å². The molecule has 14 heteroatoms. The van der Waals surface area contributed by atoms with Gasteiger partial charge in [-0.05, 0) is 18.2 Å². The van der Waals surface area contributed by atoms with Crippen molar-refractivity contribution in [3.8, 4) is 28.7 Å². The first kappa shape index (κ1) is 30.7. The fraction of sp³-hybridized carbons (Fsp3) is 0.269. The van der Waals surface area contributed by atoms with Gasteiger partial charge in [0.2, 0.25) is 10.0 Å². The van der Waals surface area contributed by atoms with Crippen molar-refractivity contribution in [2.75, 3.05) is 33.6 Å². The number of halogens is 4. The van der Waals surface area contributed by atoms with Gasteiger partial charge in [-0.15, -0.1) is 0 Å². The molecule has 0 aliphatic rings. The summed E-state index contributed by atoms with van der Waals surface area (Å²) in [5, 5.41) is 12.2. The number of pyridine rings is 1. The number of carbonyl (C=O) groups excluding carboxylic acids is 1. The van der Waals surface area contributed by atoms with Crippen LogP contribution in [-0.2, 0) is 22.7 Å². The van der Waals surface area contributed by atoms with E-state index in [0.29, 0.717) is 17.4 Å². The molecule has 3 aromatic rings. The van der Waals surface area contributed by atoms with Crippen molar-refractivity contribution in [3.63, 3.8) is 0 Å². The van der Waals surface area contributed by atoms with Crippen molar-refractivity contribution in [2.24, 2.45) is 0 Å². The largest absolute Gasteiger partial charge is 0.496 e. The quantitative estimate of drug-likeness (QED) is 0.366. The number of ether oxygens (including phenoxy) is 2. The lowest BCUT2D eigenvalue weighted by Gasteiger charge is -2.18. The Morgan fingerprint density at radius 1 is 1.18 bits per heavy atom. The van der Waals surface area contributed by atoms with Crippen LogP contribution >= 0.6 is 11.6 Å². The van der Waals surface area contributed by atoms with E-state index in [4.69, 9.17) is 21.1 Å². The third-order valence-corrected chi connectivity index (χ3v) is 7.41. The second-order valence-electron chi connectivity index (χ2n) is 8.48. The number of methoxy groups -OCH3 is 1. The average Bonchev–Trinajstić information content (AvgIpc) is 2.90. The number of rotatable bonds is 10. The van der Waals surface area contributed by atoms with Crippen LogP contribution in [0.4, 0.5) is 13.2 Å². The predicted octanol–water partition coefficient (Wildman–Crippen LogP) is 4.50. The number of sulfonamides is 1. The summed E-state index contributed by atoms with van der Waals surface area (Å²) in [5.74, 6) is -0.102. The zero-order valence-corrected chi connectivity index (χ0v) is 23.1. The Kier molecular flexibility index (Phi) is 9.62. The Balaban J connectivity index is 2.02.